The van der Waals surface area contributed by atoms with Gasteiger partial charge in [0.1, 0.15) is 11.9 Å². The Kier molecular flexibility index (Phi) is 3.38. The lowest BCUT2D eigenvalue weighted by molar-refractivity contribution is -0.153. The quantitative estimate of drug-likeness (QED) is 0.697. The number of hydrogen-bond acceptors (Lipinski definition) is 4. The summed E-state index contributed by atoms with van der Waals surface area (Å²) in [5, 5.41) is 0. The van der Waals surface area contributed by atoms with Gasteiger partial charge in [0, 0.05) is 24.7 Å². The highest BCUT2D eigenvalue weighted by atomic mass is 16.6. The Morgan fingerprint density at radius 3 is 2.76 bits per heavy atom. The highest BCUT2D eigenvalue weighted by molar-refractivity contribution is 5.75. The van der Waals surface area contributed by atoms with Crippen molar-refractivity contribution in [2.24, 2.45) is 29.1 Å². The van der Waals surface area contributed by atoms with Gasteiger partial charge in [-0.25, -0.2) is 0 Å². The van der Waals surface area contributed by atoms with Crippen LogP contribution in [0.3, 0.4) is 0 Å². The molecule has 0 spiro atoms. The average Bonchev–Trinajstić information content (AvgIpc) is 2.68. The Morgan fingerprint density at radius 1 is 1.38 bits per heavy atom. The summed E-state index contributed by atoms with van der Waals surface area (Å²) in [7, 11) is 0. The molecule has 0 aromatic heterocycles. The molecule has 2 unspecified atom stereocenters. The van der Waals surface area contributed by atoms with Gasteiger partial charge in [-0.2, -0.15) is 0 Å². The maximum absolute atomic E-state index is 12.0. The van der Waals surface area contributed by atoms with Gasteiger partial charge in [-0.05, 0) is 30.8 Å². The fraction of sp³-hybridized carbons (Fsp3) is 0.765. The number of allylic oxidation sites excluding steroid dienone is 2. The van der Waals surface area contributed by atoms with Crippen LogP contribution in [0.15, 0.2) is 11.8 Å². The summed E-state index contributed by atoms with van der Waals surface area (Å²) in [5.74, 6) is 1.07. The van der Waals surface area contributed by atoms with Crippen molar-refractivity contribution in [1.82, 2.24) is 0 Å². The van der Waals surface area contributed by atoms with Crippen LogP contribution in [-0.2, 0) is 19.1 Å². The van der Waals surface area contributed by atoms with Crippen molar-refractivity contribution in [2.45, 2.75) is 53.1 Å². The molecule has 2 fully saturated rings. The Balaban J connectivity index is 1.92. The lowest BCUT2D eigenvalue weighted by Crippen LogP contribution is -2.49. The molecule has 1 aliphatic heterocycles. The van der Waals surface area contributed by atoms with E-state index in [0.29, 0.717) is 5.92 Å². The molecule has 1 saturated carbocycles. The molecule has 0 aromatic rings. The van der Waals surface area contributed by atoms with E-state index in [2.05, 4.69) is 19.9 Å². The van der Waals surface area contributed by atoms with Crippen molar-refractivity contribution in [3.63, 3.8) is 0 Å². The van der Waals surface area contributed by atoms with Crippen LogP contribution in [0.5, 0.6) is 0 Å². The number of rotatable bonds is 1. The van der Waals surface area contributed by atoms with E-state index in [0.717, 1.165) is 25.0 Å². The fourth-order valence-electron chi connectivity index (χ4n) is 4.73. The Morgan fingerprint density at radius 2 is 2.10 bits per heavy atom. The van der Waals surface area contributed by atoms with Gasteiger partial charge in [0.15, 0.2) is 0 Å². The number of esters is 2. The first-order valence-corrected chi connectivity index (χ1v) is 7.92. The zero-order valence-corrected chi connectivity index (χ0v) is 13.2. The topological polar surface area (TPSA) is 52.6 Å². The first kappa shape index (κ1) is 14.6. The van der Waals surface area contributed by atoms with E-state index in [1.54, 1.807) is 0 Å². The van der Waals surface area contributed by atoms with E-state index in [4.69, 9.17) is 9.47 Å². The Labute approximate surface area is 125 Å². The van der Waals surface area contributed by atoms with Gasteiger partial charge in [0.2, 0.25) is 0 Å². The molecule has 21 heavy (non-hydrogen) atoms. The molecule has 0 aromatic carbocycles. The van der Waals surface area contributed by atoms with Crippen LogP contribution in [0.4, 0.5) is 0 Å². The molecule has 1 heterocycles. The van der Waals surface area contributed by atoms with Crippen LogP contribution in [0.25, 0.3) is 0 Å². The Hall–Kier alpha value is -1.32. The van der Waals surface area contributed by atoms with E-state index in [-0.39, 0.29) is 41.2 Å². The van der Waals surface area contributed by atoms with Crippen molar-refractivity contribution >= 4 is 11.9 Å². The van der Waals surface area contributed by atoms with Crippen LogP contribution in [-0.4, -0.2) is 18.0 Å². The molecule has 1 saturated heterocycles. The third-order valence-corrected chi connectivity index (χ3v) is 5.91. The smallest absolute Gasteiger partial charge is 0.309 e. The number of fused-ring (bicyclic) bond motifs is 3. The molecule has 3 aliphatic rings. The standard InChI is InChI=1S/C17H24O4/c1-9-12-5-7-17(4)8-6-13(20-11(3)18)10(2)14(17)15(12)21-16(9)19/h6,9-10,12,14-15H,5,7-8H2,1-4H3/t9-,10+,12?,14+,15?,17-/m0/s1. The lowest BCUT2D eigenvalue weighted by atomic mass is 9.54. The van der Waals surface area contributed by atoms with E-state index in [1.165, 1.54) is 6.92 Å². The maximum atomic E-state index is 12.0. The number of ether oxygens (including phenoxy) is 2. The molecule has 0 radical (unpaired) electrons. The van der Waals surface area contributed by atoms with Gasteiger partial charge >= 0.3 is 11.9 Å². The lowest BCUT2D eigenvalue weighted by Gasteiger charge is -2.51. The molecule has 4 heteroatoms. The molecule has 0 bridgehead atoms. The molecule has 3 rings (SSSR count). The highest BCUT2D eigenvalue weighted by Crippen LogP contribution is 2.57. The minimum absolute atomic E-state index is 0.00479. The molecular weight excluding hydrogens is 268 g/mol. The predicted molar refractivity (Wildman–Crippen MR) is 77.0 cm³/mol. The molecule has 6 atom stereocenters. The third kappa shape index (κ3) is 2.19. The second-order valence-electron chi connectivity index (χ2n) is 7.27. The summed E-state index contributed by atoms with van der Waals surface area (Å²) in [4.78, 5) is 23.2. The van der Waals surface area contributed by atoms with E-state index in [1.807, 2.05) is 6.92 Å². The largest absolute Gasteiger partial charge is 0.461 e. The van der Waals surface area contributed by atoms with Crippen molar-refractivity contribution in [3.05, 3.63) is 11.8 Å². The number of carbonyl (C=O) groups excluding carboxylic acids is 2. The second kappa shape index (κ2) is 4.85. The van der Waals surface area contributed by atoms with Crippen molar-refractivity contribution in [2.75, 3.05) is 0 Å². The monoisotopic (exact) mass is 292 g/mol. The van der Waals surface area contributed by atoms with E-state index in [9.17, 15) is 9.59 Å². The zero-order valence-electron chi connectivity index (χ0n) is 13.2. The Bertz CT molecular complexity index is 509. The first-order valence-electron chi connectivity index (χ1n) is 7.92. The molecular formula is C17H24O4. The molecule has 2 aliphatic carbocycles. The SMILES string of the molecule is CC(=O)OC1=CC[C@]2(C)CCC3C(OC(=O)[C@H]3C)[C@H]2[C@@H]1C. The summed E-state index contributed by atoms with van der Waals surface area (Å²) in [6, 6.07) is 0. The van der Waals surface area contributed by atoms with Crippen LogP contribution >= 0.6 is 0 Å². The second-order valence-corrected chi connectivity index (χ2v) is 7.27. The van der Waals surface area contributed by atoms with Crippen LogP contribution in [0.1, 0.15) is 47.0 Å². The third-order valence-electron chi connectivity index (χ3n) is 5.91. The fourth-order valence-corrected chi connectivity index (χ4v) is 4.73. The summed E-state index contributed by atoms with van der Waals surface area (Å²) < 4.78 is 11.1. The van der Waals surface area contributed by atoms with Crippen molar-refractivity contribution < 1.29 is 19.1 Å². The number of hydrogen-bond donors (Lipinski definition) is 0. The van der Waals surface area contributed by atoms with Gasteiger partial charge in [-0.15, -0.1) is 0 Å². The molecule has 4 nitrogen and oxygen atoms in total. The van der Waals surface area contributed by atoms with Crippen molar-refractivity contribution in [3.8, 4) is 0 Å². The molecule has 0 amide bonds. The van der Waals surface area contributed by atoms with Gasteiger partial charge in [0.25, 0.3) is 0 Å². The normalized spacial score (nSPS) is 45.2. The number of carbonyl (C=O) groups is 2. The van der Waals surface area contributed by atoms with Crippen LogP contribution in [0, 0.1) is 29.1 Å². The molecule has 0 N–H and O–H groups in total. The van der Waals surface area contributed by atoms with Gasteiger partial charge in [-0.1, -0.05) is 20.8 Å². The molecule has 116 valence electrons. The van der Waals surface area contributed by atoms with Crippen LogP contribution < -0.4 is 0 Å². The van der Waals surface area contributed by atoms with Gasteiger partial charge in [0.05, 0.1) is 5.92 Å². The summed E-state index contributed by atoms with van der Waals surface area (Å²) >= 11 is 0. The summed E-state index contributed by atoms with van der Waals surface area (Å²) in [5.41, 5.74) is 0.134. The minimum atomic E-state index is -0.277. The predicted octanol–water partition coefficient (Wildman–Crippen LogP) is 3.07. The minimum Gasteiger partial charge on any atom is -0.461 e. The average molecular weight is 292 g/mol. The summed E-state index contributed by atoms with van der Waals surface area (Å²) in [6.45, 7) is 7.78. The van der Waals surface area contributed by atoms with E-state index < -0.39 is 0 Å². The summed E-state index contributed by atoms with van der Waals surface area (Å²) in [6.07, 6.45) is 5.07. The van der Waals surface area contributed by atoms with Gasteiger partial charge in [-0.3, -0.25) is 9.59 Å². The maximum Gasteiger partial charge on any atom is 0.309 e. The highest BCUT2D eigenvalue weighted by Gasteiger charge is 2.57. The van der Waals surface area contributed by atoms with E-state index >= 15 is 0 Å². The van der Waals surface area contributed by atoms with Crippen LogP contribution in [0.2, 0.25) is 0 Å². The van der Waals surface area contributed by atoms with Gasteiger partial charge < -0.3 is 9.47 Å². The zero-order chi connectivity index (χ0) is 15.4. The first-order chi connectivity index (χ1) is 9.83. The van der Waals surface area contributed by atoms with Crippen molar-refractivity contribution in [1.29, 1.82) is 0 Å².